The van der Waals surface area contributed by atoms with Crippen LogP contribution in [0.1, 0.15) is 36.2 Å². The fourth-order valence-electron chi connectivity index (χ4n) is 3.71. The summed E-state index contributed by atoms with van der Waals surface area (Å²) < 4.78 is 1.59. The van der Waals surface area contributed by atoms with E-state index in [4.69, 9.17) is 16.3 Å². The second kappa shape index (κ2) is 8.49. The van der Waals surface area contributed by atoms with Crippen LogP contribution >= 0.6 is 0 Å². The highest BCUT2D eigenvalue weighted by Gasteiger charge is 2.50. The molecule has 14 heteroatoms. The van der Waals surface area contributed by atoms with Crippen molar-refractivity contribution in [1.82, 2.24) is 29.8 Å². The summed E-state index contributed by atoms with van der Waals surface area (Å²) in [4.78, 5) is 56.7. The molecule has 3 rings (SSSR count). The first-order chi connectivity index (χ1) is 14.6. The predicted octanol–water partition coefficient (Wildman–Crippen LogP) is -0.801. The lowest BCUT2D eigenvalue weighted by molar-refractivity contribution is -0.143. The first-order valence-electron chi connectivity index (χ1n) is 9.52. The number of aryl methyl sites for hydroxylation is 1. The van der Waals surface area contributed by atoms with Gasteiger partial charge in [0.1, 0.15) is 6.04 Å². The van der Waals surface area contributed by atoms with Crippen LogP contribution in [0.4, 0.5) is 14.4 Å². The van der Waals surface area contributed by atoms with Crippen LogP contribution < -0.4 is 16.8 Å². The van der Waals surface area contributed by atoms with E-state index in [-0.39, 0.29) is 37.3 Å². The Morgan fingerprint density at radius 1 is 1.35 bits per heavy atom. The quantitative estimate of drug-likeness (QED) is 0.173. The molecule has 14 nitrogen and oxygen atoms in total. The number of carbonyl (C=O) groups is 4. The van der Waals surface area contributed by atoms with Gasteiger partial charge in [0.2, 0.25) is 0 Å². The molecule has 168 valence electrons. The highest BCUT2D eigenvalue weighted by molar-refractivity contribution is 6.02. The van der Waals surface area contributed by atoms with Gasteiger partial charge >= 0.3 is 24.1 Å². The van der Waals surface area contributed by atoms with E-state index < -0.39 is 24.1 Å². The zero-order valence-electron chi connectivity index (χ0n) is 17.4. The molecule has 2 atom stereocenters. The fraction of sp³-hybridized carbons (Fsp3) is 0.529. The lowest BCUT2D eigenvalue weighted by Gasteiger charge is -2.34. The van der Waals surface area contributed by atoms with Crippen LogP contribution in [-0.2, 0) is 16.7 Å². The number of primary amides is 2. The Hall–Kier alpha value is -3.84. The topological polar surface area (TPSA) is 181 Å². The molecule has 2 bridgehead atoms. The SMILES string of the molecule is CN(C(N)=O)/C(=N\OC(=O)CCCNC(N)=O)[C@@H]1c2c(cnn2C)[C@@H]2CN1C(=O)N2C. The van der Waals surface area contributed by atoms with Crippen molar-refractivity contribution in [3.63, 3.8) is 0 Å². The van der Waals surface area contributed by atoms with Crippen molar-refractivity contribution in [2.24, 2.45) is 23.7 Å². The molecule has 0 aromatic carbocycles. The van der Waals surface area contributed by atoms with Crippen molar-refractivity contribution in [3.8, 4) is 0 Å². The van der Waals surface area contributed by atoms with Gasteiger partial charge < -0.3 is 31.4 Å². The lowest BCUT2D eigenvalue weighted by atomic mass is 9.96. The van der Waals surface area contributed by atoms with Crippen LogP contribution in [0.15, 0.2) is 11.4 Å². The average Bonchev–Trinajstić information content (AvgIpc) is 3.21. The van der Waals surface area contributed by atoms with Gasteiger partial charge in [0, 0.05) is 46.2 Å². The van der Waals surface area contributed by atoms with Crippen molar-refractivity contribution in [1.29, 1.82) is 0 Å². The zero-order valence-corrected chi connectivity index (χ0v) is 17.4. The lowest BCUT2D eigenvalue weighted by Crippen LogP contribution is -2.48. The van der Waals surface area contributed by atoms with E-state index in [1.54, 1.807) is 29.9 Å². The van der Waals surface area contributed by atoms with E-state index in [2.05, 4.69) is 15.6 Å². The maximum Gasteiger partial charge on any atom is 0.335 e. The summed E-state index contributed by atoms with van der Waals surface area (Å²) >= 11 is 0. The Morgan fingerprint density at radius 2 is 2.06 bits per heavy atom. The Labute approximate surface area is 177 Å². The standard InChI is InChI=1S/C17H25N9O5/c1-23-10-8-26(17(23)30)13(12-9(10)7-21-25(12)3)14(24(2)16(19)29)22-31-11(27)5-4-6-20-15(18)28/h7,10,13H,4-6,8H2,1-3H3,(H2,19,29)(H3,18,20,28)/b22-14-/t10-,13-/m0/s1. The van der Waals surface area contributed by atoms with Crippen molar-refractivity contribution < 1.29 is 24.0 Å². The van der Waals surface area contributed by atoms with Crippen molar-refractivity contribution in [2.45, 2.75) is 24.9 Å². The molecule has 0 saturated carbocycles. The number of rotatable bonds is 6. The van der Waals surface area contributed by atoms with E-state index >= 15 is 0 Å². The van der Waals surface area contributed by atoms with Gasteiger partial charge in [-0.3, -0.25) is 9.58 Å². The smallest absolute Gasteiger partial charge is 0.335 e. The zero-order chi connectivity index (χ0) is 22.9. The third-order valence-electron chi connectivity index (χ3n) is 5.35. The molecule has 1 aromatic rings. The molecule has 5 N–H and O–H groups in total. The van der Waals surface area contributed by atoms with Gasteiger partial charge in [-0.2, -0.15) is 5.10 Å². The van der Waals surface area contributed by atoms with Gasteiger partial charge in [0.15, 0.2) is 5.84 Å². The number of hydrogen-bond donors (Lipinski definition) is 3. The molecule has 31 heavy (non-hydrogen) atoms. The van der Waals surface area contributed by atoms with Crippen LogP contribution in [-0.4, -0.2) is 81.6 Å². The minimum Gasteiger partial charge on any atom is -0.352 e. The number of likely N-dealkylation sites (N-methyl/N-ethyl adjacent to an activating group) is 2. The van der Waals surface area contributed by atoms with Gasteiger partial charge in [0.05, 0.1) is 17.9 Å². The van der Waals surface area contributed by atoms with E-state index in [1.165, 1.54) is 11.9 Å². The number of aromatic nitrogens is 2. The molecule has 1 aromatic heterocycles. The van der Waals surface area contributed by atoms with Gasteiger partial charge in [-0.25, -0.2) is 19.2 Å². The molecule has 0 aliphatic carbocycles. The third kappa shape index (κ3) is 4.08. The summed E-state index contributed by atoms with van der Waals surface area (Å²) in [6, 6.07) is -2.82. The van der Waals surface area contributed by atoms with Gasteiger partial charge in [0.25, 0.3) is 0 Å². The maximum absolute atomic E-state index is 12.8. The minimum atomic E-state index is -0.841. The summed E-state index contributed by atoms with van der Waals surface area (Å²) in [7, 11) is 4.76. The first-order valence-corrected chi connectivity index (χ1v) is 9.52. The predicted molar refractivity (Wildman–Crippen MR) is 106 cm³/mol. The van der Waals surface area contributed by atoms with E-state index in [9.17, 15) is 19.2 Å². The number of nitrogens with zero attached hydrogens (tertiary/aromatic N) is 6. The van der Waals surface area contributed by atoms with Crippen molar-refractivity contribution in [2.75, 3.05) is 27.2 Å². The molecule has 0 radical (unpaired) electrons. The molecule has 1 fully saturated rings. The average molecular weight is 435 g/mol. The second-order valence-electron chi connectivity index (χ2n) is 7.28. The van der Waals surface area contributed by atoms with Crippen LogP contribution in [0.5, 0.6) is 0 Å². The fourth-order valence-corrected chi connectivity index (χ4v) is 3.71. The highest BCUT2D eigenvalue weighted by atomic mass is 16.7. The molecule has 6 amide bonds. The van der Waals surface area contributed by atoms with Crippen LogP contribution in [0, 0.1) is 0 Å². The summed E-state index contributed by atoms with van der Waals surface area (Å²) in [5.41, 5.74) is 11.9. The van der Waals surface area contributed by atoms with Gasteiger partial charge in [-0.15, -0.1) is 0 Å². The first kappa shape index (κ1) is 21.9. The Bertz CT molecular complexity index is 942. The molecule has 1 saturated heterocycles. The van der Waals surface area contributed by atoms with E-state index in [0.717, 1.165) is 10.5 Å². The molecular weight excluding hydrogens is 410 g/mol. The molecule has 0 spiro atoms. The number of urea groups is 3. The van der Waals surface area contributed by atoms with Crippen LogP contribution in [0.3, 0.4) is 0 Å². The van der Waals surface area contributed by atoms with E-state index in [1.807, 2.05) is 0 Å². The largest absolute Gasteiger partial charge is 0.352 e. The summed E-state index contributed by atoms with van der Waals surface area (Å²) in [6.45, 7) is 0.552. The van der Waals surface area contributed by atoms with Crippen molar-refractivity contribution >= 4 is 29.9 Å². The number of carbonyl (C=O) groups excluding carboxylic acids is 4. The van der Waals surface area contributed by atoms with Gasteiger partial charge in [-0.1, -0.05) is 5.16 Å². The van der Waals surface area contributed by atoms with Gasteiger partial charge in [-0.05, 0) is 6.42 Å². The third-order valence-corrected chi connectivity index (χ3v) is 5.35. The number of amides is 6. The van der Waals surface area contributed by atoms with Crippen LogP contribution in [0.25, 0.3) is 0 Å². The number of nitrogens with one attached hydrogen (secondary N) is 1. The maximum atomic E-state index is 12.8. The molecular formula is C17H25N9O5. The molecule has 0 unspecified atom stereocenters. The Morgan fingerprint density at radius 3 is 2.71 bits per heavy atom. The number of fused-ring (bicyclic) bond motifs is 4. The molecule has 3 heterocycles. The number of nitrogens with two attached hydrogens (primary N) is 2. The number of oxime groups is 1. The Kier molecular flexibility index (Phi) is 5.99. The summed E-state index contributed by atoms with van der Waals surface area (Å²) in [5, 5.41) is 10.5. The minimum absolute atomic E-state index is 0.0249. The summed E-state index contributed by atoms with van der Waals surface area (Å²) in [5.74, 6) is -0.714. The number of amidine groups is 1. The second-order valence-corrected chi connectivity index (χ2v) is 7.28. The van der Waals surface area contributed by atoms with Crippen LogP contribution in [0.2, 0.25) is 0 Å². The summed E-state index contributed by atoms with van der Waals surface area (Å²) in [6.07, 6.45) is 1.90. The molecule has 2 aliphatic heterocycles. The normalized spacial score (nSPS) is 19.8. The Balaban J connectivity index is 1.89. The van der Waals surface area contributed by atoms with E-state index in [0.29, 0.717) is 12.2 Å². The molecule has 2 aliphatic rings. The highest BCUT2D eigenvalue weighted by Crippen LogP contribution is 2.43. The monoisotopic (exact) mass is 435 g/mol. The number of hydrogen-bond acceptors (Lipinski definition) is 7. The van der Waals surface area contributed by atoms with Crippen molar-refractivity contribution in [3.05, 3.63) is 17.5 Å².